The van der Waals surface area contributed by atoms with Gasteiger partial charge >= 0.3 is 0 Å². The molecule has 1 atom stereocenters. The maximum atomic E-state index is 8.42. The average Bonchev–Trinajstić information content (AvgIpc) is 2.49. The molecule has 3 heteroatoms. The van der Waals surface area contributed by atoms with Crippen LogP contribution in [0.25, 0.3) is 0 Å². The second kappa shape index (κ2) is 13.4. The lowest BCUT2D eigenvalue weighted by Crippen LogP contribution is -2.24. The summed E-state index contributed by atoms with van der Waals surface area (Å²) in [5, 5.41) is 8.42. The van der Waals surface area contributed by atoms with Gasteiger partial charge in [-0.05, 0) is 32.1 Å². The second-order valence-electron chi connectivity index (χ2n) is 5.80. The fraction of sp³-hybridized carbons (Fsp3) is 0.941. The first kappa shape index (κ1) is 17.5. The smallest absolute Gasteiger partial charge is 0.0808 e. The van der Waals surface area contributed by atoms with E-state index < -0.39 is 0 Å². The highest BCUT2D eigenvalue weighted by atomic mass is 16.5. The molecule has 1 unspecified atom stereocenters. The maximum Gasteiger partial charge on any atom is 0.0808 e. The Hall–Kier alpha value is -0.590. The van der Waals surface area contributed by atoms with Crippen LogP contribution in [0.2, 0.25) is 0 Å². The molecular weight excluding hydrogens is 250 g/mol. The van der Waals surface area contributed by atoms with Gasteiger partial charge in [0, 0.05) is 19.6 Å². The summed E-state index contributed by atoms with van der Waals surface area (Å²) in [6.07, 6.45) is 14.8. The number of rotatable bonds is 12. The van der Waals surface area contributed by atoms with Gasteiger partial charge in [-0.2, -0.15) is 5.26 Å². The van der Waals surface area contributed by atoms with Gasteiger partial charge in [0.25, 0.3) is 0 Å². The van der Waals surface area contributed by atoms with E-state index in [2.05, 4.69) is 6.07 Å². The summed E-state index contributed by atoms with van der Waals surface area (Å²) in [7, 11) is 0. The van der Waals surface area contributed by atoms with Crippen molar-refractivity contribution in [1.29, 1.82) is 5.26 Å². The van der Waals surface area contributed by atoms with E-state index in [1.165, 1.54) is 64.2 Å². The van der Waals surface area contributed by atoms with Crippen LogP contribution in [0, 0.1) is 11.3 Å². The van der Waals surface area contributed by atoms with Gasteiger partial charge in [0.2, 0.25) is 0 Å². The van der Waals surface area contributed by atoms with Gasteiger partial charge in [0.1, 0.15) is 0 Å². The van der Waals surface area contributed by atoms with Gasteiger partial charge in [0.05, 0.1) is 18.8 Å². The fourth-order valence-corrected chi connectivity index (χ4v) is 2.62. The van der Waals surface area contributed by atoms with Gasteiger partial charge in [-0.1, -0.05) is 38.5 Å². The molecule has 0 aromatic carbocycles. The Morgan fingerprint density at radius 1 is 0.950 bits per heavy atom. The minimum atomic E-state index is 0.358. The lowest BCUT2D eigenvalue weighted by atomic mass is 10.1. The van der Waals surface area contributed by atoms with Crippen LogP contribution in [0.5, 0.6) is 0 Å². The first-order valence-corrected chi connectivity index (χ1v) is 8.50. The minimum Gasteiger partial charge on any atom is -0.379 e. The van der Waals surface area contributed by atoms with Crippen LogP contribution in [-0.4, -0.2) is 25.9 Å². The van der Waals surface area contributed by atoms with Crippen molar-refractivity contribution in [2.24, 2.45) is 0 Å². The van der Waals surface area contributed by atoms with Crippen LogP contribution in [0.3, 0.4) is 0 Å². The monoisotopic (exact) mass is 281 g/mol. The molecule has 0 radical (unpaired) electrons. The number of ether oxygens (including phenoxy) is 2. The topological polar surface area (TPSA) is 42.2 Å². The normalized spacial score (nSPS) is 18.9. The summed E-state index contributed by atoms with van der Waals surface area (Å²) < 4.78 is 11.3. The maximum absolute atomic E-state index is 8.42. The second-order valence-corrected chi connectivity index (χ2v) is 5.80. The summed E-state index contributed by atoms with van der Waals surface area (Å²) in [5.41, 5.74) is 0. The molecule has 1 fully saturated rings. The summed E-state index contributed by atoms with van der Waals surface area (Å²) >= 11 is 0. The van der Waals surface area contributed by atoms with Crippen LogP contribution in [0.15, 0.2) is 0 Å². The highest BCUT2D eigenvalue weighted by Crippen LogP contribution is 2.13. The van der Waals surface area contributed by atoms with Gasteiger partial charge < -0.3 is 9.47 Å². The zero-order chi connectivity index (χ0) is 14.3. The number of nitriles is 1. The molecule has 0 saturated carbocycles. The van der Waals surface area contributed by atoms with E-state index in [9.17, 15) is 0 Å². The van der Waals surface area contributed by atoms with Crippen molar-refractivity contribution in [3.63, 3.8) is 0 Å². The average molecular weight is 281 g/mol. The van der Waals surface area contributed by atoms with E-state index >= 15 is 0 Å². The number of hydrogen-bond acceptors (Lipinski definition) is 3. The Balaban J connectivity index is 1.71. The van der Waals surface area contributed by atoms with Crippen molar-refractivity contribution in [1.82, 2.24) is 0 Å². The predicted molar refractivity (Wildman–Crippen MR) is 81.6 cm³/mol. The molecule has 0 amide bonds. The first-order valence-electron chi connectivity index (χ1n) is 8.50. The van der Waals surface area contributed by atoms with Crippen LogP contribution in [-0.2, 0) is 9.47 Å². The minimum absolute atomic E-state index is 0.358. The highest BCUT2D eigenvalue weighted by molar-refractivity contribution is 4.67. The largest absolute Gasteiger partial charge is 0.379 e. The molecule has 1 aliphatic rings. The van der Waals surface area contributed by atoms with E-state index in [0.717, 1.165) is 32.7 Å². The number of nitrogens with zero attached hydrogens (tertiary/aromatic N) is 1. The van der Waals surface area contributed by atoms with Gasteiger partial charge in [-0.3, -0.25) is 0 Å². The Morgan fingerprint density at radius 2 is 1.65 bits per heavy atom. The molecule has 116 valence electrons. The summed E-state index contributed by atoms with van der Waals surface area (Å²) in [5.74, 6) is 0. The third-order valence-corrected chi connectivity index (χ3v) is 3.90. The fourth-order valence-electron chi connectivity index (χ4n) is 2.62. The lowest BCUT2D eigenvalue weighted by molar-refractivity contribution is -0.0411. The summed E-state index contributed by atoms with van der Waals surface area (Å²) in [6, 6.07) is 2.20. The van der Waals surface area contributed by atoms with E-state index in [-0.39, 0.29) is 0 Å². The molecule has 0 aromatic heterocycles. The van der Waals surface area contributed by atoms with Crippen LogP contribution >= 0.6 is 0 Å². The standard InChI is InChI=1S/C17H31NO2/c18-13-9-6-4-2-1-3-5-7-10-14-19-16-17-12-8-11-15-20-17/h17H,1-12,14-16H2. The number of unbranched alkanes of at least 4 members (excludes halogenated alkanes) is 8. The molecule has 1 rings (SSSR count). The van der Waals surface area contributed by atoms with E-state index in [0.29, 0.717) is 6.10 Å². The van der Waals surface area contributed by atoms with Gasteiger partial charge in [-0.15, -0.1) is 0 Å². The molecule has 0 aromatic rings. The molecular formula is C17H31NO2. The third-order valence-electron chi connectivity index (χ3n) is 3.90. The summed E-state index contributed by atoms with van der Waals surface area (Å²) in [6.45, 7) is 2.60. The molecule has 1 heterocycles. The molecule has 1 saturated heterocycles. The Labute approximate surface area is 124 Å². The number of hydrogen-bond donors (Lipinski definition) is 0. The molecule has 0 N–H and O–H groups in total. The Kier molecular flexibility index (Phi) is 11.7. The van der Waals surface area contributed by atoms with E-state index in [1.807, 2.05) is 0 Å². The van der Waals surface area contributed by atoms with Crippen molar-refractivity contribution in [3.05, 3.63) is 0 Å². The molecule has 1 aliphatic heterocycles. The van der Waals surface area contributed by atoms with Crippen LogP contribution < -0.4 is 0 Å². The third kappa shape index (κ3) is 10.2. The first-order chi connectivity index (χ1) is 9.93. The van der Waals surface area contributed by atoms with E-state index in [4.69, 9.17) is 14.7 Å². The van der Waals surface area contributed by atoms with Crippen molar-refractivity contribution >= 4 is 0 Å². The highest BCUT2D eigenvalue weighted by Gasteiger charge is 2.13. The quantitative estimate of drug-likeness (QED) is 0.491. The van der Waals surface area contributed by atoms with Crippen molar-refractivity contribution in [2.45, 2.75) is 83.2 Å². The summed E-state index contributed by atoms with van der Waals surface area (Å²) in [4.78, 5) is 0. The van der Waals surface area contributed by atoms with Crippen molar-refractivity contribution < 1.29 is 9.47 Å². The van der Waals surface area contributed by atoms with Gasteiger partial charge in [0.15, 0.2) is 0 Å². The zero-order valence-electron chi connectivity index (χ0n) is 12.9. The van der Waals surface area contributed by atoms with Crippen LogP contribution in [0.4, 0.5) is 0 Å². The Bertz CT molecular complexity index is 244. The predicted octanol–water partition coefficient (Wildman–Crippen LogP) is 4.61. The molecule has 0 aliphatic carbocycles. The SMILES string of the molecule is N#CCCCCCCCCCCOCC1CCCCO1. The molecule has 0 bridgehead atoms. The molecule has 20 heavy (non-hydrogen) atoms. The van der Waals surface area contributed by atoms with E-state index in [1.54, 1.807) is 0 Å². The van der Waals surface area contributed by atoms with Crippen molar-refractivity contribution in [2.75, 3.05) is 19.8 Å². The molecule has 0 spiro atoms. The van der Waals surface area contributed by atoms with Crippen molar-refractivity contribution in [3.8, 4) is 6.07 Å². The zero-order valence-corrected chi connectivity index (χ0v) is 12.9. The van der Waals surface area contributed by atoms with Crippen LogP contribution in [0.1, 0.15) is 77.0 Å². The Morgan fingerprint density at radius 3 is 2.30 bits per heavy atom. The van der Waals surface area contributed by atoms with Gasteiger partial charge in [-0.25, -0.2) is 0 Å². The lowest BCUT2D eigenvalue weighted by Gasteiger charge is -2.22. The molecule has 3 nitrogen and oxygen atoms in total.